The lowest BCUT2D eigenvalue weighted by Gasteiger charge is -2.12. The molecule has 0 atom stereocenters. The van der Waals surface area contributed by atoms with Gasteiger partial charge in [-0.05, 0) is 35.9 Å². The average molecular weight is 381 g/mol. The molecule has 5 nitrogen and oxygen atoms in total. The number of hydrogen-bond acceptors (Lipinski definition) is 4. The van der Waals surface area contributed by atoms with Gasteiger partial charge >= 0.3 is 0 Å². The van der Waals surface area contributed by atoms with E-state index in [1.165, 1.54) is 13.2 Å². The molecule has 2 aromatic rings. The van der Waals surface area contributed by atoms with Gasteiger partial charge in [-0.25, -0.2) is 8.42 Å². The first-order valence-corrected chi connectivity index (χ1v) is 8.56. The predicted molar refractivity (Wildman–Crippen MR) is 87.3 cm³/mol. The van der Waals surface area contributed by atoms with Crippen LogP contribution in [0.15, 0.2) is 51.8 Å². The number of hydrogen-bond donors (Lipinski definition) is 1. The zero-order valence-corrected chi connectivity index (χ0v) is 14.1. The third kappa shape index (κ3) is 3.78. The molecule has 0 saturated carbocycles. The fourth-order valence-corrected chi connectivity index (χ4v) is 3.62. The van der Waals surface area contributed by atoms with Crippen molar-refractivity contribution in [1.82, 2.24) is 0 Å². The molecule has 1 N–H and O–H groups in total. The summed E-state index contributed by atoms with van der Waals surface area (Å²) in [7, 11) is -2.36. The highest BCUT2D eigenvalue weighted by molar-refractivity contribution is 9.10. The number of nitrogens with zero attached hydrogens (tertiary/aromatic N) is 1. The van der Waals surface area contributed by atoms with Crippen molar-refractivity contribution in [3.8, 4) is 11.8 Å². The second-order valence-corrected chi connectivity index (χ2v) is 7.00. The smallest absolute Gasteiger partial charge is 0.265 e. The highest BCUT2D eigenvalue weighted by atomic mass is 79.9. The van der Waals surface area contributed by atoms with Crippen LogP contribution in [0.1, 0.15) is 5.56 Å². The molecular formula is C15H13BrN2O3S. The Hall–Kier alpha value is -2.04. The van der Waals surface area contributed by atoms with E-state index < -0.39 is 10.0 Å². The normalized spacial score (nSPS) is 10.8. The average Bonchev–Trinajstić information content (AvgIpc) is 2.49. The Balaban J connectivity index is 2.32. The van der Waals surface area contributed by atoms with Crippen LogP contribution in [0.2, 0.25) is 0 Å². The summed E-state index contributed by atoms with van der Waals surface area (Å²) in [5.41, 5.74) is 1.24. The van der Waals surface area contributed by atoms with E-state index in [4.69, 9.17) is 10.00 Å². The summed E-state index contributed by atoms with van der Waals surface area (Å²) in [5.74, 6) is 0.261. The lowest BCUT2D eigenvalue weighted by Crippen LogP contribution is -2.14. The molecule has 0 bridgehead atoms. The van der Waals surface area contributed by atoms with Gasteiger partial charge in [-0.3, -0.25) is 4.72 Å². The minimum absolute atomic E-state index is 0.0467. The highest BCUT2D eigenvalue weighted by Gasteiger charge is 2.20. The molecule has 0 spiro atoms. The van der Waals surface area contributed by atoms with Gasteiger partial charge in [0.25, 0.3) is 10.0 Å². The minimum atomic E-state index is -3.77. The van der Waals surface area contributed by atoms with Gasteiger partial charge in [0.15, 0.2) is 0 Å². The second-order valence-electron chi connectivity index (χ2n) is 4.43. The van der Waals surface area contributed by atoms with Crippen molar-refractivity contribution in [2.24, 2.45) is 0 Å². The van der Waals surface area contributed by atoms with Crippen LogP contribution in [0, 0.1) is 11.3 Å². The minimum Gasteiger partial charge on any atom is -0.495 e. The van der Waals surface area contributed by atoms with E-state index in [0.717, 1.165) is 5.56 Å². The number of halogens is 1. The van der Waals surface area contributed by atoms with E-state index in [-0.39, 0.29) is 17.1 Å². The molecule has 0 aliphatic carbocycles. The SMILES string of the molecule is COc1ccc(Br)cc1S(=O)(=O)Nc1ccc(CC#N)cc1. The van der Waals surface area contributed by atoms with Gasteiger partial charge in [0.2, 0.25) is 0 Å². The Morgan fingerprint density at radius 2 is 1.91 bits per heavy atom. The lowest BCUT2D eigenvalue weighted by atomic mass is 10.1. The number of rotatable bonds is 5. The molecule has 0 saturated heterocycles. The Morgan fingerprint density at radius 3 is 2.50 bits per heavy atom. The van der Waals surface area contributed by atoms with E-state index >= 15 is 0 Å². The number of sulfonamides is 1. The first-order valence-electron chi connectivity index (χ1n) is 6.28. The Morgan fingerprint density at radius 1 is 1.23 bits per heavy atom. The Bertz CT molecular complexity index is 812. The zero-order valence-electron chi connectivity index (χ0n) is 11.7. The largest absolute Gasteiger partial charge is 0.495 e. The number of nitriles is 1. The Kier molecular flexibility index (Phi) is 5.06. The summed E-state index contributed by atoms with van der Waals surface area (Å²) < 4.78 is 33.2. The summed E-state index contributed by atoms with van der Waals surface area (Å²) in [5, 5.41) is 8.63. The van der Waals surface area contributed by atoms with E-state index in [1.807, 2.05) is 6.07 Å². The fraction of sp³-hybridized carbons (Fsp3) is 0.133. The third-order valence-electron chi connectivity index (χ3n) is 2.90. The monoisotopic (exact) mass is 380 g/mol. The molecule has 0 amide bonds. The van der Waals surface area contributed by atoms with Gasteiger partial charge in [-0.15, -0.1) is 0 Å². The number of benzene rings is 2. The van der Waals surface area contributed by atoms with Gasteiger partial charge in [-0.1, -0.05) is 28.1 Å². The summed E-state index contributed by atoms with van der Waals surface area (Å²) in [4.78, 5) is 0.0467. The van der Waals surface area contributed by atoms with Crippen LogP contribution in [0.4, 0.5) is 5.69 Å². The molecule has 0 heterocycles. The fourth-order valence-electron chi connectivity index (χ4n) is 1.85. The zero-order chi connectivity index (χ0) is 16.2. The second kappa shape index (κ2) is 6.81. The summed E-state index contributed by atoms with van der Waals surface area (Å²) in [6.07, 6.45) is 0.284. The molecule has 114 valence electrons. The maximum Gasteiger partial charge on any atom is 0.265 e. The molecule has 0 radical (unpaired) electrons. The number of methoxy groups -OCH3 is 1. The standard InChI is InChI=1S/C15H13BrN2O3S/c1-21-14-7-4-12(16)10-15(14)22(19,20)18-13-5-2-11(3-6-13)8-9-17/h2-7,10,18H,8H2,1H3. The van der Waals surface area contributed by atoms with Crippen LogP contribution in [0.25, 0.3) is 0 Å². The van der Waals surface area contributed by atoms with Crippen molar-refractivity contribution in [1.29, 1.82) is 5.26 Å². The van der Waals surface area contributed by atoms with Gasteiger partial charge in [0.05, 0.1) is 19.6 Å². The van der Waals surface area contributed by atoms with Gasteiger partial charge in [0.1, 0.15) is 10.6 Å². The van der Waals surface area contributed by atoms with Crippen molar-refractivity contribution >= 4 is 31.6 Å². The van der Waals surface area contributed by atoms with Crippen LogP contribution >= 0.6 is 15.9 Å². The van der Waals surface area contributed by atoms with E-state index in [1.54, 1.807) is 36.4 Å². The molecule has 22 heavy (non-hydrogen) atoms. The first kappa shape index (κ1) is 16.3. The molecule has 0 fully saturated rings. The van der Waals surface area contributed by atoms with Crippen molar-refractivity contribution in [3.05, 3.63) is 52.5 Å². The lowest BCUT2D eigenvalue weighted by molar-refractivity contribution is 0.403. The van der Waals surface area contributed by atoms with Crippen molar-refractivity contribution < 1.29 is 13.2 Å². The van der Waals surface area contributed by atoms with Crippen LogP contribution < -0.4 is 9.46 Å². The van der Waals surface area contributed by atoms with Crippen molar-refractivity contribution in [2.45, 2.75) is 11.3 Å². The van der Waals surface area contributed by atoms with Crippen LogP contribution in [0.5, 0.6) is 5.75 Å². The number of nitrogens with one attached hydrogen (secondary N) is 1. The summed E-state index contributed by atoms with van der Waals surface area (Å²) in [6, 6.07) is 13.5. The molecule has 7 heteroatoms. The van der Waals surface area contributed by atoms with Crippen LogP contribution in [-0.2, 0) is 16.4 Å². The van der Waals surface area contributed by atoms with E-state index in [2.05, 4.69) is 20.7 Å². The van der Waals surface area contributed by atoms with Crippen molar-refractivity contribution in [2.75, 3.05) is 11.8 Å². The highest BCUT2D eigenvalue weighted by Crippen LogP contribution is 2.28. The summed E-state index contributed by atoms with van der Waals surface area (Å²) >= 11 is 3.25. The molecular weight excluding hydrogens is 368 g/mol. The summed E-state index contributed by atoms with van der Waals surface area (Å²) in [6.45, 7) is 0. The molecule has 0 aliphatic heterocycles. The molecule has 0 unspecified atom stereocenters. The topological polar surface area (TPSA) is 79.2 Å². The third-order valence-corrected chi connectivity index (χ3v) is 4.80. The molecule has 0 aromatic heterocycles. The maximum atomic E-state index is 12.5. The Labute approximate surface area is 137 Å². The van der Waals surface area contributed by atoms with Gasteiger partial charge in [-0.2, -0.15) is 5.26 Å². The van der Waals surface area contributed by atoms with Gasteiger partial charge in [0, 0.05) is 10.2 Å². The van der Waals surface area contributed by atoms with E-state index in [9.17, 15) is 8.42 Å². The molecule has 2 rings (SSSR count). The predicted octanol–water partition coefficient (Wildman–Crippen LogP) is 3.32. The van der Waals surface area contributed by atoms with Crippen molar-refractivity contribution in [3.63, 3.8) is 0 Å². The van der Waals surface area contributed by atoms with Crippen LogP contribution in [0.3, 0.4) is 0 Å². The maximum absolute atomic E-state index is 12.5. The number of ether oxygens (including phenoxy) is 1. The quantitative estimate of drug-likeness (QED) is 0.862. The van der Waals surface area contributed by atoms with Crippen LogP contribution in [-0.4, -0.2) is 15.5 Å². The van der Waals surface area contributed by atoms with E-state index in [0.29, 0.717) is 10.2 Å². The number of anilines is 1. The first-order chi connectivity index (χ1) is 10.5. The molecule has 2 aromatic carbocycles. The molecule has 0 aliphatic rings. The van der Waals surface area contributed by atoms with Gasteiger partial charge < -0.3 is 4.74 Å².